The maximum Gasteiger partial charge on any atom is 0.0512 e. The number of hydrazine groups is 1. The van der Waals surface area contributed by atoms with Crippen LogP contribution in [0.5, 0.6) is 0 Å². The first-order valence-electron chi connectivity index (χ1n) is 6.83. The standard InChI is InChI=1S/C16H22N2S/c1-15(2)14(16(15,3)4)12(18-17)11-7-5-6-10-8-9-19-13(10)11/h5-9,12,14,18H,17H2,1-4H3. The van der Waals surface area contributed by atoms with Crippen LogP contribution < -0.4 is 11.3 Å². The number of thiophene rings is 1. The van der Waals surface area contributed by atoms with Crippen molar-refractivity contribution in [1.29, 1.82) is 0 Å². The highest BCUT2D eigenvalue weighted by Gasteiger charge is 2.67. The number of nitrogens with one attached hydrogen (secondary N) is 1. The van der Waals surface area contributed by atoms with Gasteiger partial charge < -0.3 is 0 Å². The maximum atomic E-state index is 5.90. The monoisotopic (exact) mass is 274 g/mol. The van der Waals surface area contributed by atoms with Crippen molar-refractivity contribution in [2.45, 2.75) is 33.7 Å². The molecule has 1 unspecified atom stereocenters. The average molecular weight is 274 g/mol. The first-order valence-corrected chi connectivity index (χ1v) is 7.71. The molecule has 2 aromatic rings. The molecule has 0 radical (unpaired) electrons. The number of hydrogen-bond acceptors (Lipinski definition) is 3. The molecule has 3 rings (SSSR count). The topological polar surface area (TPSA) is 38.0 Å². The van der Waals surface area contributed by atoms with Gasteiger partial charge in [-0.2, -0.15) is 0 Å². The molecule has 0 amide bonds. The van der Waals surface area contributed by atoms with Crippen LogP contribution in [0.1, 0.15) is 39.3 Å². The Morgan fingerprint density at radius 2 is 1.84 bits per heavy atom. The lowest BCUT2D eigenvalue weighted by atomic mass is 9.96. The molecule has 1 atom stereocenters. The molecule has 1 aromatic heterocycles. The molecule has 0 spiro atoms. The Hall–Kier alpha value is -0.900. The fraction of sp³-hybridized carbons (Fsp3) is 0.500. The van der Waals surface area contributed by atoms with Gasteiger partial charge in [0.15, 0.2) is 0 Å². The Labute approximate surface area is 119 Å². The molecule has 0 aliphatic heterocycles. The highest BCUT2D eigenvalue weighted by molar-refractivity contribution is 7.17. The molecule has 3 heteroatoms. The third kappa shape index (κ3) is 1.69. The highest BCUT2D eigenvalue weighted by atomic mass is 32.1. The number of hydrogen-bond donors (Lipinski definition) is 2. The van der Waals surface area contributed by atoms with E-state index in [2.05, 4.69) is 62.8 Å². The van der Waals surface area contributed by atoms with Crippen molar-refractivity contribution in [3.8, 4) is 0 Å². The van der Waals surface area contributed by atoms with Crippen LogP contribution in [0.4, 0.5) is 0 Å². The summed E-state index contributed by atoms with van der Waals surface area (Å²) in [7, 11) is 0. The molecule has 0 saturated heterocycles. The SMILES string of the molecule is CC1(C)C(C(NN)c2cccc3ccsc23)C1(C)C. The molecular formula is C16H22N2S. The van der Waals surface area contributed by atoms with Crippen molar-refractivity contribution in [2.75, 3.05) is 0 Å². The van der Waals surface area contributed by atoms with Crippen LogP contribution in [0, 0.1) is 16.7 Å². The van der Waals surface area contributed by atoms with Gasteiger partial charge in [0.05, 0.1) is 6.04 Å². The van der Waals surface area contributed by atoms with E-state index in [0.717, 1.165) is 0 Å². The minimum absolute atomic E-state index is 0.229. The molecule has 2 nitrogen and oxygen atoms in total. The van der Waals surface area contributed by atoms with E-state index in [0.29, 0.717) is 16.7 Å². The van der Waals surface area contributed by atoms with Crippen molar-refractivity contribution < 1.29 is 0 Å². The summed E-state index contributed by atoms with van der Waals surface area (Å²) in [5.74, 6) is 6.47. The summed E-state index contributed by atoms with van der Waals surface area (Å²) in [6.45, 7) is 9.38. The molecule has 1 fully saturated rings. The molecule has 1 heterocycles. The average Bonchev–Trinajstić information content (AvgIpc) is 2.75. The fourth-order valence-corrected chi connectivity index (χ4v) is 4.66. The largest absolute Gasteiger partial charge is 0.271 e. The molecule has 1 aliphatic rings. The Kier molecular flexibility index (Phi) is 2.79. The number of nitrogens with two attached hydrogens (primary N) is 1. The number of rotatable bonds is 3. The summed E-state index contributed by atoms with van der Waals surface area (Å²) in [6, 6.07) is 8.93. The lowest BCUT2D eigenvalue weighted by molar-refractivity contribution is 0.420. The van der Waals surface area contributed by atoms with Gasteiger partial charge in [-0.1, -0.05) is 45.9 Å². The first kappa shape index (κ1) is 13.1. The van der Waals surface area contributed by atoms with Crippen molar-refractivity contribution in [2.24, 2.45) is 22.6 Å². The molecule has 3 N–H and O–H groups in total. The lowest BCUT2D eigenvalue weighted by Gasteiger charge is -2.19. The molecule has 0 bridgehead atoms. The summed E-state index contributed by atoms with van der Waals surface area (Å²) in [6.07, 6.45) is 0. The van der Waals surface area contributed by atoms with Gasteiger partial charge in [0, 0.05) is 4.70 Å². The van der Waals surface area contributed by atoms with E-state index in [1.165, 1.54) is 15.6 Å². The van der Waals surface area contributed by atoms with Gasteiger partial charge in [-0.25, -0.2) is 0 Å². The van der Waals surface area contributed by atoms with Gasteiger partial charge >= 0.3 is 0 Å². The Morgan fingerprint density at radius 1 is 1.16 bits per heavy atom. The zero-order chi connectivity index (χ0) is 13.8. The van der Waals surface area contributed by atoms with Gasteiger partial charge in [0.1, 0.15) is 0 Å². The molecular weight excluding hydrogens is 252 g/mol. The maximum absolute atomic E-state index is 5.90. The summed E-state index contributed by atoms with van der Waals surface area (Å²) in [5.41, 5.74) is 5.07. The van der Waals surface area contributed by atoms with Crippen molar-refractivity contribution >= 4 is 21.4 Å². The van der Waals surface area contributed by atoms with E-state index in [-0.39, 0.29) is 6.04 Å². The van der Waals surface area contributed by atoms with E-state index in [9.17, 15) is 0 Å². The molecule has 1 saturated carbocycles. The van der Waals surface area contributed by atoms with Gasteiger partial charge in [-0.05, 0) is 39.1 Å². The van der Waals surface area contributed by atoms with Crippen LogP contribution in [-0.4, -0.2) is 0 Å². The van der Waals surface area contributed by atoms with E-state index < -0.39 is 0 Å². The van der Waals surface area contributed by atoms with Crippen LogP contribution in [0.25, 0.3) is 10.1 Å². The smallest absolute Gasteiger partial charge is 0.0512 e. The molecule has 102 valence electrons. The molecule has 19 heavy (non-hydrogen) atoms. The van der Waals surface area contributed by atoms with Gasteiger partial charge in [0.25, 0.3) is 0 Å². The van der Waals surface area contributed by atoms with Gasteiger partial charge in [-0.3, -0.25) is 11.3 Å². The Bertz CT molecular complexity index is 598. The van der Waals surface area contributed by atoms with E-state index in [4.69, 9.17) is 5.84 Å². The van der Waals surface area contributed by atoms with Crippen LogP contribution >= 0.6 is 11.3 Å². The van der Waals surface area contributed by atoms with Gasteiger partial charge in [-0.15, -0.1) is 11.3 Å². The van der Waals surface area contributed by atoms with Gasteiger partial charge in [0.2, 0.25) is 0 Å². The van der Waals surface area contributed by atoms with E-state index in [1.54, 1.807) is 0 Å². The molecule has 1 aliphatic carbocycles. The minimum Gasteiger partial charge on any atom is -0.271 e. The zero-order valence-corrected chi connectivity index (χ0v) is 12.8. The fourth-order valence-electron chi connectivity index (χ4n) is 3.71. The second-order valence-electron chi connectivity index (χ2n) is 6.75. The highest BCUT2D eigenvalue weighted by Crippen LogP contribution is 2.72. The predicted octanol–water partition coefficient (Wildman–Crippen LogP) is 4.09. The predicted molar refractivity (Wildman–Crippen MR) is 82.9 cm³/mol. The summed E-state index contributed by atoms with van der Waals surface area (Å²) in [5, 5.41) is 3.48. The Morgan fingerprint density at radius 3 is 2.42 bits per heavy atom. The number of benzene rings is 1. The van der Waals surface area contributed by atoms with Crippen molar-refractivity contribution in [3.05, 3.63) is 35.2 Å². The second-order valence-corrected chi connectivity index (χ2v) is 7.67. The van der Waals surface area contributed by atoms with Crippen LogP contribution in [0.2, 0.25) is 0 Å². The molecule has 1 aromatic carbocycles. The normalized spacial score (nSPS) is 22.6. The minimum atomic E-state index is 0.229. The van der Waals surface area contributed by atoms with E-state index in [1.807, 2.05) is 11.3 Å². The second kappa shape index (κ2) is 4.05. The van der Waals surface area contributed by atoms with Crippen LogP contribution in [0.15, 0.2) is 29.6 Å². The Balaban J connectivity index is 2.07. The quantitative estimate of drug-likeness (QED) is 0.653. The number of fused-ring (bicyclic) bond motifs is 1. The third-order valence-electron chi connectivity index (χ3n) is 5.49. The summed E-state index contributed by atoms with van der Waals surface area (Å²) in [4.78, 5) is 0. The van der Waals surface area contributed by atoms with E-state index >= 15 is 0 Å². The third-order valence-corrected chi connectivity index (χ3v) is 6.47. The first-order chi connectivity index (χ1) is 8.91. The van der Waals surface area contributed by atoms with Crippen LogP contribution in [-0.2, 0) is 0 Å². The van der Waals surface area contributed by atoms with Crippen molar-refractivity contribution in [1.82, 2.24) is 5.43 Å². The lowest BCUT2D eigenvalue weighted by Crippen LogP contribution is -2.31. The van der Waals surface area contributed by atoms with Crippen molar-refractivity contribution in [3.63, 3.8) is 0 Å². The van der Waals surface area contributed by atoms with Crippen LogP contribution in [0.3, 0.4) is 0 Å². The summed E-state index contributed by atoms with van der Waals surface area (Å²) >= 11 is 1.81. The zero-order valence-electron chi connectivity index (χ0n) is 12.0. The summed E-state index contributed by atoms with van der Waals surface area (Å²) < 4.78 is 1.36.